The van der Waals surface area contributed by atoms with E-state index in [9.17, 15) is 23.0 Å². The highest BCUT2D eigenvalue weighted by Crippen LogP contribution is 2.30. The Balaban J connectivity index is 1.78. The Kier molecular flexibility index (Phi) is 4.83. The molecule has 0 radical (unpaired) electrons. The molecule has 25 heavy (non-hydrogen) atoms. The number of anilines is 1. The van der Waals surface area contributed by atoms with E-state index in [4.69, 9.17) is 4.65 Å². The molecule has 1 aliphatic heterocycles. The lowest BCUT2D eigenvalue weighted by molar-refractivity contribution is -0.112. The molecule has 0 aromatic heterocycles. The topological polar surface area (TPSA) is 58.6 Å². The molecule has 3 rings (SSSR count). The molecule has 1 heterocycles. The van der Waals surface area contributed by atoms with Crippen molar-refractivity contribution < 1.29 is 27.6 Å². The summed E-state index contributed by atoms with van der Waals surface area (Å²) < 4.78 is 43.3. The van der Waals surface area contributed by atoms with Crippen LogP contribution in [-0.2, 0) is 15.9 Å². The number of alkyl halides is 3. The zero-order valence-corrected chi connectivity index (χ0v) is 13.1. The van der Waals surface area contributed by atoms with E-state index in [-0.39, 0.29) is 12.0 Å². The van der Waals surface area contributed by atoms with Crippen LogP contribution in [-0.4, -0.2) is 30.8 Å². The van der Waals surface area contributed by atoms with Crippen LogP contribution in [0.1, 0.15) is 12.0 Å². The Morgan fingerprint density at radius 3 is 2.84 bits per heavy atom. The van der Waals surface area contributed by atoms with Crippen molar-refractivity contribution in [2.75, 3.05) is 11.9 Å². The van der Waals surface area contributed by atoms with Crippen molar-refractivity contribution in [3.05, 3.63) is 59.2 Å². The highest BCUT2D eigenvalue weighted by atomic mass is 19.4. The summed E-state index contributed by atoms with van der Waals surface area (Å²) in [7, 11) is -1.05. The fourth-order valence-electron chi connectivity index (χ4n) is 2.69. The van der Waals surface area contributed by atoms with E-state index >= 15 is 0 Å². The molecular weight excluding hydrogens is 334 g/mol. The van der Waals surface area contributed by atoms with Crippen molar-refractivity contribution in [1.29, 1.82) is 0 Å². The number of rotatable bonds is 2. The van der Waals surface area contributed by atoms with Crippen molar-refractivity contribution in [2.24, 2.45) is 0 Å². The fourth-order valence-corrected chi connectivity index (χ4v) is 2.69. The van der Waals surface area contributed by atoms with E-state index in [1.165, 1.54) is 12.2 Å². The molecule has 0 saturated carbocycles. The van der Waals surface area contributed by atoms with Crippen LogP contribution in [0.25, 0.3) is 0 Å². The fraction of sp³-hybridized carbons (Fsp3) is 0.235. The number of fused-ring (bicyclic) bond motifs is 1. The monoisotopic (exact) mass is 349 g/mol. The first-order valence-corrected chi connectivity index (χ1v) is 7.73. The molecule has 0 unspecified atom stereocenters. The van der Waals surface area contributed by atoms with Gasteiger partial charge >= 0.3 is 13.3 Å². The number of allylic oxidation sites excluding steroid dienone is 4. The maximum Gasteiger partial charge on any atom is 0.491 e. The van der Waals surface area contributed by atoms with E-state index in [0.29, 0.717) is 24.2 Å². The molecule has 1 amide bonds. The number of hydrogen-bond acceptors (Lipinski definition) is 3. The van der Waals surface area contributed by atoms with Crippen molar-refractivity contribution in [3.8, 4) is 0 Å². The molecule has 1 aromatic rings. The minimum Gasteiger partial charge on any atom is -0.423 e. The molecule has 0 spiro atoms. The second-order valence-electron chi connectivity index (χ2n) is 5.76. The Morgan fingerprint density at radius 1 is 1.28 bits per heavy atom. The lowest BCUT2D eigenvalue weighted by Crippen LogP contribution is -2.41. The summed E-state index contributed by atoms with van der Waals surface area (Å²) in [5, 5.41) is 12.5. The molecule has 2 N–H and O–H groups in total. The average Bonchev–Trinajstić information content (AvgIpc) is 2.81. The molecule has 0 bridgehead atoms. The smallest absolute Gasteiger partial charge is 0.423 e. The molecule has 0 atom stereocenters. The van der Waals surface area contributed by atoms with Gasteiger partial charge in [-0.15, -0.1) is 0 Å². The highest BCUT2D eigenvalue weighted by molar-refractivity contribution is 6.61. The zero-order valence-electron chi connectivity index (χ0n) is 13.1. The van der Waals surface area contributed by atoms with Gasteiger partial charge in [0, 0.05) is 23.4 Å². The Morgan fingerprint density at radius 2 is 2.08 bits per heavy atom. The van der Waals surface area contributed by atoms with Gasteiger partial charge in [0.2, 0.25) is 0 Å². The summed E-state index contributed by atoms with van der Waals surface area (Å²) >= 11 is 0. The van der Waals surface area contributed by atoms with Crippen LogP contribution in [0.4, 0.5) is 18.9 Å². The molecule has 8 heteroatoms. The number of amides is 1. The maximum absolute atomic E-state index is 12.7. The van der Waals surface area contributed by atoms with Crippen LogP contribution in [0.15, 0.2) is 53.6 Å². The summed E-state index contributed by atoms with van der Waals surface area (Å²) in [6.07, 6.45) is 0.709. The van der Waals surface area contributed by atoms with Crippen LogP contribution in [0, 0.1) is 0 Å². The average molecular weight is 349 g/mol. The van der Waals surface area contributed by atoms with Crippen molar-refractivity contribution in [2.45, 2.75) is 19.0 Å². The Labute approximate surface area is 142 Å². The van der Waals surface area contributed by atoms with Gasteiger partial charge in [-0.05, 0) is 42.1 Å². The molecular formula is C17H15BF3NO3. The number of nitrogens with one attached hydrogen (secondary N) is 1. The highest BCUT2D eigenvalue weighted by Gasteiger charge is 2.32. The summed E-state index contributed by atoms with van der Waals surface area (Å²) in [5.74, 6) is -0.526. The van der Waals surface area contributed by atoms with Crippen molar-refractivity contribution in [3.63, 3.8) is 0 Å². The predicted octanol–water partition coefficient (Wildman–Crippen LogP) is 2.26. The lowest BCUT2D eigenvalue weighted by atomic mass is 9.73. The van der Waals surface area contributed by atoms with Gasteiger partial charge in [-0.2, -0.15) is 13.2 Å². The molecule has 1 aromatic carbocycles. The molecule has 2 aliphatic rings. The summed E-state index contributed by atoms with van der Waals surface area (Å²) in [4.78, 5) is 12.3. The van der Waals surface area contributed by atoms with E-state index in [1.807, 2.05) is 0 Å². The first-order chi connectivity index (χ1) is 11.8. The van der Waals surface area contributed by atoms with E-state index in [0.717, 1.165) is 17.7 Å². The third-order valence-electron chi connectivity index (χ3n) is 4.04. The van der Waals surface area contributed by atoms with Gasteiger partial charge in [0.15, 0.2) is 0 Å². The minimum atomic E-state index is -4.42. The largest absolute Gasteiger partial charge is 0.491 e. The van der Waals surface area contributed by atoms with Crippen LogP contribution < -0.4 is 10.8 Å². The first kappa shape index (κ1) is 17.5. The number of carbonyl (C=O) groups is 1. The van der Waals surface area contributed by atoms with Crippen LogP contribution >= 0.6 is 0 Å². The van der Waals surface area contributed by atoms with Gasteiger partial charge in [0.1, 0.15) is 0 Å². The second-order valence-corrected chi connectivity index (χ2v) is 5.76. The predicted molar refractivity (Wildman–Crippen MR) is 88.3 cm³/mol. The van der Waals surface area contributed by atoms with Gasteiger partial charge in [0.05, 0.1) is 0 Å². The van der Waals surface area contributed by atoms with Gasteiger partial charge in [-0.1, -0.05) is 24.3 Å². The summed E-state index contributed by atoms with van der Waals surface area (Å²) in [6.45, 7) is 0.422. The van der Waals surface area contributed by atoms with Crippen LogP contribution in [0.5, 0.6) is 0 Å². The molecule has 0 fully saturated rings. The van der Waals surface area contributed by atoms with E-state index in [1.54, 1.807) is 18.2 Å². The molecule has 1 aliphatic carbocycles. The standard InChI is InChI=1S/C17H15BF3NO3/c19-17(20,21)13-3-1-2-12(4-6-13)16(23)22-14-7-5-11-8-9-25-18(24)15(11)10-14/h1-2,4-7,10,24H,3,8-9H2,(H,22,23). The summed E-state index contributed by atoms with van der Waals surface area (Å²) in [6, 6.07) is 5.08. The third kappa shape index (κ3) is 4.03. The van der Waals surface area contributed by atoms with Gasteiger partial charge in [-0.25, -0.2) is 0 Å². The first-order valence-electron chi connectivity index (χ1n) is 7.73. The Bertz CT molecular complexity index is 784. The number of benzene rings is 1. The van der Waals surface area contributed by atoms with Gasteiger partial charge in [-0.3, -0.25) is 4.79 Å². The van der Waals surface area contributed by atoms with Crippen LogP contribution in [0.3, 0.4) is 0 Å². The lowest BCUT2D eigenvalue weighted by Gasteiger charge is -2.19. The summed E-state index contributed by atoms with van der Waals surface area (Å²) in [5.41, 5.74) is 1.36. The van der Waals surface area contributed by atoms with Crippen molar-refractivity contribution >= 4 is 24.2 Å². The number of hydrogen-bond donors (Lipinski definition) is 2. The molecule has 0 saturated heterocycles. The SMILES string of the molecule is O=C(Nc1ccc2c(c1)B(O)OCC2)C1=CC=C(C(F)(F)F)CC=C1. The molecule has 130 valence electrons. The second kappa shape index (κ2) is 6.89. The van der Waals surface area contributed by atoms with Gasteiger partial charge < -0.3 is 15.0 Å². The zero-order chi connectivity index (χ0) is 18.0. The Hall–Kier alpha value is -2.32. The quantitative estimate of drug-likeness (QED) is 0.806. The van der Waals surface area contributed by atoms with Crippen LogP contribution in [0.2, 0.25) is 0 Å². The third-order valence-corrected chi connectivity index (χ3v) is 4.04. The van der Waals surface area contributed by atoms with Crippen molar-refractivity contribution in [1.82, 2.24) is 0 Å². The molecule has 4 nitrogen and oxygen atoms in total. The van der Waals surface area contributed by atoms with E-state index < -0.39 is 24.8 Å². The van der Waals surface area contributed by atoms with E-state index in [2.05, 4.69) is 5.32 Å². The minimum absolute atomic E-state index is 0.119. The normalized spacial score (nSPS) is 17.4. The number of carbonyl (C=O) groups excluding carboxylic acids is 1. The van der Waals surface area contributed by atoms with Gasteiger partial charge in [0.25, 0.3) is 5.91 Å². The maximum atomic E-state index is 12.7. The number of halogens is 3.